The Bertz CT molecular complexity index is 877. The van der Waals surface area contributed by atoms with Gasteiger partial charge in [-0.05, 0) is 28.8 Å². The van der Waals surface area contributed by atoms with E-state index in [4.69, 9.17) is 29.2 Å². The highest BCUT2D eigenvalue weighted by Gasteiger charge is 2.46. The minimum atomic E-state index is -1.22. The molecule has 1 aliphatic rings. The summed E-state index contributed by atoms with van der Waals surface area (Å²) in [4.78, 5) is 2.81. The highest BCUT2D eigenvalue weighted by molar-refractivity contribution is 5.26. The molecule has 1 heterocycles. The second-order valence-corrected chi connectivity index (χ2v) is 7.44. The molecule has 0 bridgehead atoms. The normalized spacial score (nSPS) is 24.8. The van der Waals surface area contributed by atoms with E-state index in [0.29, 0.717) is 6.61 Å². The summed E-state index contributed by atoms with van der Waals surface area (Å²) in [5, 5.41) is 24.2. The van der Waals surface area contributed by atoms with E-state index in [1.807, 2.05) is 54.6 Å². The van der Waals surface area contributed by atoms with E-state index in [1.165, 1.54) is 0 Å². The Morgan fingerprint density at radius 2 is 1.73 bits per heavy atom. The second kappa shape index (κ2) is 13.1. The van der Waals surface area contributed by atoms with Crippen LogP contribution in [0.15, 0.2) is 59.7 Å². The van der Waals surface area contributed by atoms with Crippen LogP contribution < -0.4 is 4.74 Å². The first-order valence-electron chi connectivity index (χ1n) is 10.6. The molecule has 1 saturated heterocycles. The molecular formula is C23H29N3O7. The first-order valence-corrected chi connectivity index (χ1v) is 10.6. The van der Waals surface area contributed by atoms with Gasteiger partial charge in [0.25, 0.3) is 0 Å². The van der Waals surface area contributed by atoms with E-state index >= 15 is 0 Å². The van der Waals surface area contributed by atoms with Gasteiger partial charge in [0, 0.05) is 4.91 Å². The Morgan fingerprint density at radius 1 is 1.00 bits per heavy atom. The van der Waals surface area contributed by atoms with Crippen molar-refractivity contribution in [3.8, 4) is 5.75 Å². The monoisotopic (exact) mass is 459 g/mol. The van der Waals surface area contributed by atoms with Crippen LogP contribution in [0.4, 0.5) is 0 Å². The molecule has 0 amide bonds. The van der Waals surface area contributed by atoms with Gasteiger partial charge in [0.1, 0.15) is 24.0 Å². The van der Waals surface area contributed by atoms with E-state index in [1.54, 1.807) is 7.11 Å². The largest absolute Gasteiger partial charge is 0.497 e. The molecule has 3 rings (SSSR count). The summed E-state index contributed by atoms with van der Waals surface area (Å²) in [6.45, 7) is 0.584. The minimum Gasteiger partial charge on any atom is -0.497 e. The zero-order valence-electron chi connectivity index (χ0n) is 18.4. The highest BCUT2D eigenvalue weighted by atomic mass is 16.7. The SMILES string of the molecule is COc1ccc(COCCO[C@H]2O[C@H](CO)[C@@H](OCc3ccccc3)[C@H](O)[C@H]2N=[N+]=[N-])cc1. The third-order valence-corrected chi connectivity index (χ3v) is 5.23. The van der Waals surface area contributed by atoms with E-state index < -0.39 is 37.3 Å². The Hall–Kier alpha value is -2.69. The van der Waals surface area contributed by atoms with E-state index in [-0.39, 0.29) is 19.8 Å². The third-order valence-electron chi connectivity index (χ3n) is 5.23. The summed E-state index contributed by atoms with van der Waals surface area (Å²) >= 11 is 0. The average molecular weight is 459 g/mol. The lowest BCUT2D eigenvalue weighted by Crippen LogP contribution is -2.59. The lowest BCUT2D eigenvalue weighted by Gasteiger charge is -2.42. The number of methoxy groups -OCH3 is 1. The van der Waals surface area contributed by atoms with Crippen LogP contribution in [0, 0.1) is 0 Å². The number of nitrogens with zero attached hydrogens (tertiary/aromatic N) is 3. The molecule has 1 aliphatic heterocycles. The molecule has 33 heavy (non-hydrogen) atoms. The first kappa shape index (κ1) is 24.9. The number of aliphatic hydroxyl groups excluding tert-OH is 2. The molecule has 178 valence electrons. The number of rotatable bonds is 12. The van der Waals surface area contributed by atoms with Crippen molar-refractivity contribution in [2.24, 2.45) is 5.11 Å². The number of azide groups is 1. The fourth-order valence-electron chi connectivity index (χ4n) is 3.48. The number of hydrogen-bond acceptors (Lipinski definition) is 8. The van der Waals surface area contributed by atoms with Crippen LogP contribution in [0.3, 0.4) is 0 Å². The van der Waals surface area contributed by atoms with Crippen LogP contribution in [0.25, 0.3) is 10.4 Å². The molecule has 2 N–H and O–H groups in total. The molecule has 1 fully saturated rings. The van der Waals surface area contributed by atoms with E-state index in [0.717, 1.165) is 16.9 Å². The van der Waals surface area contributed by atoms with Crippen molar-refractivity contribution in [1.29, 1.82) is 0 Å². The fraction of sp³-hybridized carbons (Fsp3) is 0.478. The molecule has 10 heteroatoms. The topological polar surface area (TPSA) is 135 Å². The predicted octanol–water partition coefficient (Wildman–Crippen LogP) is 2.57. The summed E-state index contributed by atoms with van der Waals surface area (Å²) in [6, 6.07) is 15.9. The van der Waals surface area contributed by atoms with Crippen molar-refractivity contribution in [1.82, 2.24) is 0 Å². The van der Waals surface area contributed by atoms with Crippen LogP contribution >= 0.6 is 0 Å². The predicted molar refractivity (Wildman–Crippen MR) is 118 cm³/mol. The molecular weight excluding hydrogens is 430 g/mol. The standard InChI is InChI=1S/C23H29N3O7/c1-29-18-9-7-17(8-10-18)14-30-11-12-31-23-20(25-26-24)21(28)22(19(13-27)33-23)32-15-16-5-3-2-4-6-16/h2-10,19-23,27-28H,11-15H2,1H3/t19-,20-,21-,22-,23+/m1/s1. The fourth-order valence-corrected chi connectivity index (χ4v) is 3.48. The van der Waals surface area contributed by atoms with Gasteiger partial charge in [0.05, 0.1) is 46.2 Å². The van der Waals surface area contributed by atoms with Crippen LogP contribution in [0.1, 0.15) is 11.1 Å². The molecule has 0 unspecified atom stereocenters. The maximum atomic E-state index is 10.8. The van der Waals surface area contributed by atoms with E-state index in [9.17, 15) is 10.2 Å². The van der Waals surface area contributed by atoms with Gasteiger partial charge in [-0.15, -0.1) is 0 Å². The van der Waals surface area contributed by atoms with Crippen molar-refractivity contribution in [3.63, 3.8) is 0 Å². The molecule has 0 spiro atoms. The first-order chi connectivity index (χ1) is 16.2. The van der Waals surface area contributed by atoms with Crippen molar-refractivity contribution < 1.29 is 33.9 Å². The molecule has 0 saturated carbocycles. The maximum absolute atomic E-state index is 10.8. The van der Waals surface area contributed by atoms with Crippen molar-refractivity contribution in [3.05, 3.63) is 76.2 Å². The number of hydrogen-bond donors (Lipinski definition) is 2. The summed E-state index contributed by atoms with van der Waals surface area (Å²) < 4.78 is 28.0. The zero-order valence-corrected chi connectivity index (χ0v) is 18.4. The quantitative estimate of drug-likeness (QED) is 0.215. The molecule has 0 radical (unpaired) electrons. The summed E-state index contributed by atoms with van der Waals surface area (Å²) in [7, 11) is 1.61. The lowest BCUT2D eigenvalue weighted by atomic mass is 9.97. The van der Waals surface area contributed by atoms with Gasteiger partial charge in [0.15, 0.2) is 6.29 Å². The van der Waals surface area contributed by atoms with Gasteiger partial charge >= 0.3 is 0 Å². The summed E-state index contributed by atoms with van der Waals surface area (Å²) in [5.74, 6) is 0.767. The molecule has 2 aromatic rings. The van der Waals surface area contributed by atoms with Gasteiger partial charge in [-0.3, -0.25) is 0 Å². The smallest absolute Gasteiger partial charge is 0.169 e. The second-order valence-electron chi connectivity index (χ2n) is 7.44. The third kappa shape index (κ3) is 7.15. The Labute approximate surface area is 192 Å². The molecule has 5 atom stereocenters. The summed E-state index contributed by atoms with van der Waals surface area (Å²) in [6.07, 6.45) is -4.01. The van der Waals surface area contributed by atoms with Crippen LogP contribution in [-0.2, 0) is 32.2 Å². The zero-order chi connectivity index (χ0) is 23.5. The maximum Gasteiger partial charge on any atom is 0.169 e. The van der Waals surface area contributed by atoms with Gasteiger partial charge in [-0.2, -0.15) is 0 Å². The molecule has 2 aromatic carbocycles. The molecule has 0 aliphatic carbocycles. The highest BCUT2D eigenvalue weighted by Crippen LogP contribution is 2.27. The van der Waals surface area contributed by atoms with Gasteiger partial charge in [0.2, 0.25) is 0 Å². The Morgan fingerprint density at radius 3 is 2.39 bits per heavy atom. The van der Waals surface area contributed by atoms with E-state index in [2.05, 4.69) is 10.0 Å². The minimum absolute atomic E-state index is 0.138. The number of ether oxygens (including phenoxy) is 5. The van der Waals surface area contributed by atoms with Crippen LogP contribution in [0.5, 0.6) is 5.75 Å². The Kier molecular flexibility index (Phi) is 9.92. The van der Waals surface area contributed by atoms with Crippen molar-refractivity contribution in [2.75, 3.05) is 26.9 Å². The molecule has 0 aromatic heterocycles. The molecule has 10 nitrogen and oxygen atoms in total. The van der Waals surface area contributed by atoms with Crippen molar-refractivity contribution >= 4 is 0 Å². The van der Waals surface area contributed by atoms with Crippen molar-refractivity contribution in [2.45, 2.75) is 43.9 Å². The number of benzene rings is 2. The lowest BCUT2D eigenvalue weighted by molar-refractivity contribution is -0.277. The van der Waals surface area contributed by atoms with Crippen LogP contribution in [-0.4, -0.2) is 67.8 Å². The summed E-state index contributed by atoms with van der Waals surface area (Å²) in [5.41, 5.74) is 10.8. The van der Waals surface area contributed by atoms with Gasteiger partial charge in [-0.25, -0.2) is 0 Å². The average Bonchev–Trinajstić information content (AvgIpc) is 2.86. The Balaban J connectivity index is 1.51. The number of aliphatic hydroxyl groups is 2. The van der Waals surface area contributed by atoms with Crippen LogP contribution in [0.2, 0.25) is 0 Å². The van der Waals surface area contributed by atoms with Gasteiger partial charge in [-0.1, -0.05) is 47.6 Å². The van der Waals surface area contributed by atoms with Gasteiger partial charge < -0.3 is 33.9 Å².